The highest BCUT2D eigenvalue weighted by atomic mass is 16.1. The van der Waals surface area contributed by atoms with Crippen LogP contribution in [-0.2, 0) is 6.54 Å². The van der Waals surface area contributed by atoms with Crippen LogP contribution in [0, 0.1) is 0 Å². The number of unbranched alkanes of at least 4 members (excludes halogenated alkanes) is 1. The van der Waals surface area contributed by atoms with Gasteiger partial charge in [0.15, 0.2) is 0 Å². The number of aryl methyl sites for hydroxylation is 1. The number of hydrogen-bond acceptors (Lipinski definition) is 5. The largest absolute Gasteiger partial charge is 0.306 e. The molecule has 0 radical (unpaired) electrons. The third kappa shape index (κ3) is 2.65. The zero-order chi connectivity index (χ0) is 17.2. The van der Waals surface area contributed by atoms with Crippen LogP contribution in [0.3, 0.4) is 0 Å². The Morgan fingerprint density at radius 1 is 0.960 bits per heavy atom. The van der Waals surface area contributed by atoms with E-state index in [1.54, 1.807) is 23.0 Å². The van der Waals surface area contributed by atoms with Gasteiger partial charge in [-0.2, -0.15) is 0 Å². The van der Waals surface area contributed by atoms with Crippen LogP contribution in [0.4, 0.5) is 0 Å². The minimum absolute atomic E-state index is 0.0592. The summed E-state index contributed by atoms with van der Waals surface area (Å²) in [5.74, 6) is 0. The smallest absolute Gasteiger partial charge is 0.260 e. The maximum atomic E-state index is 13.1. The molecule has 0 aliphatic rings. The van der Waals surface area contributed by atoms with Crippen LogP contribution in [0.1, 0.15) is 19.8 Å². The molecule has 4 heterocycles. The van der Waals surface area contributed by atoms with Crippen LogP contribution in [-0.4, -0.2) is 24.7 Å². The minimum atomic E-state index is -0.0592. The van der Waals surface area contributed by atoms with Gasteiger partial charge in [0.2, 0.25) is 0 Å². The predicted octanol–water partition coefficient (Wildman–Crippen LogP) is 3.20. The zero-order valence-electron chi connectivity index (χ0n) is 13.9. The van der Waals surface area contributed by atoms with Gasteiger partial charge in [0.25, 0.3) is 5.56 Å². The van der Waals surface area contributed by atoms with E-state index in [1.165, 1.54) is 0 Å². The van der Waals surface area contributed by atoms with Gasteiger partial charge in [-0.05, 0) is 36.8 Å². The summed E-state index contributed by atoms with van der Waals surface area (Å²) in [5, 5.41) is 9.09. The van der Waals surface area contributed by atoms with Crippen molar-refractivity contribution in [2.24, 2.45) is 0 Å². The average Bonchev–Trinajstić information content (AvgIpc) is 2.68. The molecule has 4 aromatic rings. The van der Waals surface area contributed by atoms with Gasteiger partial charge in [-0.25, -0.2) is 0 Å². The summed E-state index contributed by atoms with van der Waals surface area (Å²) in [5.41, 5.74) is 3.26. The van der Waals surface area contributed by atoms with Crippen molar-refractivity contribution >= 4 is 21.9 Å². The summed E-state index contributed by atoms with van der Waals surface area (Å²) < 4.78 is 1.79. The zero-order valence-corrected chi connectivity index (χ0v) is 13.9. The van der Waals surface area contributed by atoms with Gasteiger partial charge >= 0.3 is 0 Å². The van der Waals surface area contributed by atoms with E-state index in [9.17, 15) is 4.79 Å². The number of aromatic nitrogens is 5. The van der Waals surface area contributed by atoms with Crippen molar-refractivity contribution in [3.05, 3.63) is 59.1 Å². The second-order valence-corrected chi connectivity index (χ2v) is 5.89. The molecule has 0 saturated heterocycles. The first-order chi connectivity index (χ1) is 12.3. The van der Waals surface area contributed by atoms with Gasteiger partial charge in [-0.15, -0.1) is 10.2 Å². The summed E-state index contributed by atoms with van der Waals surface area (Å²) in [6.07, 6.45) is 5.36. The third-order valence-corrected chi connectivity index (χ3v) is 4.23. The molecular formula is C19H17N5O. The molecule has 0 aromatic carbocycles. The normalized spacial score (nSPS) is 11.2. The molecule has 25 heavy (non-hydrogen) atoms. The standard InChI is InChI=1S/C19H17N5O/c1-2-3-11-24-16-8-6-10-21-18(16)17-13(19(24)25)12-15(22-23-17)14-7-4-5-9-20-14/h4-10,12H,2-3,11H2,1H3. The molecule has 0 saturated carbocycles. The molecule has 0 amide bonds. The topological polar surface area (TPSA) is 73.6 Å². The second kappa shape index (κ2) is 6.39. The summed E-state index contributed by atoms with van der Waals surface area (Å²) in [7, 11) is 0. The molecule has 0 atom stereocenters. The summed E-state index contributed by atoms with van der Waals surface area (Å²) in [6.45, 7) is 2.77. The number of pyridine rings is 3. The first-order valence-corrected chi connectivity index (χ1v) is 8.36. The van der Waals surface area contributed by atoms with Crippen LogP contribution in [0.2, 0.25) is 0 Å². The molecule has 0 unspecified atom stereocenters. The van der Waals surface area contributed by atoms with E-state index in [4.69, 9.17) is 0 Å². The first-order valence-electron chi connectivity index (χ1n) is 8.36. The van der Waals surface area contributed by atoms with Crippen LogP contribution >= 0.6 is 0 Å². The third-order valence-electron chi connectivity index (χ3n) is 4.23. The van der Waals surface area contributed by atoms with E-state index in [0.29, 0.717) is 34.4 Å². The van der Waals surface area contributed by atoms with Crippen molar-refractivity contribution in [1.82, 2.24) is 24.7 Å². The average molecular weight is 331 g/mol. The number of nitrogens with zero attached hydrogens (tertiary/aromatic N) is 5. The van der Waals surface area contributed by atoms with Crippen LogP contribution in [0.25, 0.3) is 33.3 Å². The monoisotopic (exact) mass is 331 g/mol. The fourth-order valence-corrected chi connectivity index (χ4v) is 2.96. The highest BCUT2D eigenvalue weighted by Crippen LogP contribution is 2.22. The molecule has 0 spiro atoms. The van der Waals surface area contributed by atoms with Crippen LogP contribution in [0.5, 0.6) is 0 Å². The van der Waals surface area contributed by atoms with Crippen molar-refractivity contribution in [3.63, 3.8) is 0 Å². The maximum absolute atomic E-state index is 13.1. The number of fused-ring (bicyclic) bond motifs is 3. The van der Waals surface area contributed by atoms with Crippen LogP contribution < -0.4 is 5.56 Å². The first kappa shape index (κ1) is 15.4. The van der Waals surface area contributed by atoms with E-state index in [1.807, 2.05) is 30.3 Å². The van der Waals surface area contributed by atoms with E-state index >= 15 is 0 Å². The van der Waals surface area contributed by atoms with E-state index in [-0.39, 0.29) is 5.56 Å². The second-order valence-electron chi connectivity index (χ2n) is 5.89. The predicted molar refractivity (Wildman–Crippen MR) is 97.2 cm³/mol. The minimum Gasteiger partial charge on any atom is -0.306 e. The fourth-order valence-electron chi connectivity index (χ4n) is 2.96. The lowest BCUT2D eigenvalue weighted by Gasteiger charge is -2.11. The van der Waals surface area contributed by atoms with Gasteiger partial charge in [-0.1, -0.05) is 19.4 Å². The molecule has 0 aliphatic carbocycles. The number of hydrogen-bond donors (Lipinski definition) is 0. The van der Waals surface area contributed by atoms with E-state index in [2.05, 4.69) is 27.1 Å². The SMILES string of the molecule is CCCCn1c(=O)c2cc(-c3ccccn3)nnc2c2ncccc21. The molecule has 0 aliphatic heterocycles. The number of rotatable bonds is 4. The Bertz CT molecular complexity index is 1110. The van der Waals surface area contributed by atoms with Crippen molar-refractivity contribution in [2.45, 2.75) is 26.3 Å². The molecular weight excluding hydrogens is 314 g/mol. The lowest BCUT2D eigenvalue weighted by molar-refractivity contribution is 0.634. The lowest BCUT2D eigenvalue weighted by atomic mass is 10.1. The van der Waals surface area contributed by atoms with Crippen molar-refractivity contribution in [2.75, 3.05) is 0 Å². The van der Waals surface area contributed by atoms with Gasteiger partial charge < -0.3 is 4.57 Å². The molecule has 0 N–H and O–H groups in total. The molecule has 4 rings (SSSR count). The Balaban J connectivity index is 2.03. The highest BCUT2D eigenvalue weighted by molar-refractivity contribution is 6.00. The lowest BCUT2D eigenvalue weighted by Crippen LogP contribution is -2.22. The van der Waals surface area contributed by atoms with Crippen molar-refractivity contribution < 1.29 is 0 Å². The summed E-state index contributed by atoms with van der Waals surface area (Å²) >= 11 is 0. The Hall–Kier alpha value is -3.15. The van der Waals surface area contributed by atoms with E-state index < -0.39 is 0 Å². The maximum Gasteiger partial charge on any atom is 0.260 e. The van der Waals surface area contributed by atoms with Gasteiger partial charge in [0.05, 0.1) is 16.6 Å². The van der Waals surface area contributed by atoms with Gasteiger partial charge in [0.1, 0.15) is 16.7 Å². The Kier molecular flexibility index (Phi) is 3.93. The fraction of sp³-hybridized carbons (Fsp3) is 0.211. The molecule has 0 bridgehead atoms. The Morgan fingerprint density at radius 3 is 2.64 bits per heavy atom. The highest BCUT2D eigenvalue weighted by Gasteiger charge is 2.14. The Morgan fingerprint density at radius 2 is 1.84 bits per heavy atom. The molecule has 0 fully saturated rings. The van der Waals surface area contributed by atoms with Gasteiger partial charge in [-0.3, -0.25) is 14.8 Å². The van der Waals surface area contributed by atoms with Crippen molar-refractivity contribution in [3.8, 4) is 11.4 Å². The van der Waals surface area contributed by atoms with Crippen LogP contribution in [0.15, 0.2) is 53.6 Å². The Labute approximate surface area is 144 Å². The molecule has 124 valence electrons. The van der Waals surface area contributed by atoms with Gasteiger partial charge in [0, 0.05) is 18.9 Å². The quantitative estimate of drug-likeness (QED) is 0.537. The summed E-state index contributed by atoms with van der Waals surface area (Å²) in [6, 6.07) is 11.1. The summed E-state index contributed by atoms with van der Waals surface area (Å²) in [4.78, 5) is 21.8. The molecule has 6 heteroatoms. The van der Waals surface area contributed by atoms with E-state index in [0.717, 1.165) is 18.4 Å². The van der Waals surface area contributed by atoms with Crippen molar-refractivity contribution in [1.29, 1.82) is 0 Å². The molecule has 4 aromatic heterocycles. The molecule has 6 nitrogen and oxygen atoms in total.